The van der Waals surface area contributed by atoms with E-state index in [0.29, 0.717) is 24.4 Å². The van der Waals surface area contributed by atoms with E-state index in [-0.39, 0.29) is 5.91 Å². The van der Waals surface area contributed by atoms with Crippen LogP contribution in [0, 0.1) is 0 Å². The molecule has 25 heavy (non-hydrogen) atoms. The second-order valence-corrected chi connectivity index (χ2v) is 5.44. The minimum atomic E-state index is -0.212. The molecule has 7 nitrogen and oxygen atoms in total. The first-order valence-electron chi connectivity index (χ1n) is 7.90. The highest BCUT2D eigenvalue weighted by molar-refractivity contribution is 5.91. The van der Waals surface area contributed by atoms with Crippen molar-refractivity contribution in [1.29, 1.82) is 0 Å². The molecule has 1 amide bonds. The molecule has 0 saturated carbocycles. The molecule has 0 unspecified atom stereocenters. The highest BCUT2D eigenvalue weighted by atomic mass is 16.3. The number of oxazole rings is 1. The molecule has 3 aromatic heterocycles. The maximum atomic E-state index is 11.9. The average molecular weight is 333 g/mol. The van der Waals surface area contributed by atoms with E-state index in [1.165, 1.54) is 6.08 Å². The van der Waals surface area contributed by atoms with Gasteiger partial charge in [-0.2, -0.15) is 0 Å². The molecule has 1 N–H and O–H groups in total. The number of para-hydroxylation sites is 2. The van der Waals surface area contributed by atoms with Gasteiger partial charge in [-0.15, -0.1) is 10.2 Å². The molecule has 0 saturated heterocycles. The molecule has 124 valence electrons. The summed E-state index contributed by atoms with van der Waals surface area (Å²) in [7, 11) is 0. The van der Waals surface area contributed by atoms with Gasteiger partial charge >= 0.3 is 0 Å². The van der Waals surface area contributed by atoms with Crippen LogP contribution in [-0.4, -0.2) is 32.0 Å². The molecular formula is C18H15N5O2. The van der Waals surface area contributed by atoms with Gasteiger partial charge in [-0.25, -0.2) is 4.98 Å². The van der Waals surface area contributed by atoms with Crippen molar-refractivity contribution in [2.75, 3.05) is 6.54 Å². The summed E-state index contributed by atoms with van der Waals surface area (Å²) in [6.07, 6.45) is 5.46. The van der Waals surface area contributed by atoms with Crippen molar-refractivity contribution in [3.05, 3.63) is 66.5 Å². The minimum Gasteiger partial charge on any atom is -0.437 e. The Morgan fingerprint density at radius 1 is 1.16 bits per heavy atom. The van der Waals surface area contributed by atoms with Gasteiger partial charge in [0.15, 0.2) is 11.2 Å². The fourth-order valence-electron chi connectivity index (χ4n) is 2.53. The standard InChI is InChI=1S/C18H15N5O2/c24-17(8-9-18-20-13-5-1-2-6-14(13)25-18)19-11-10-16-22-21-15-7-3-4-12-23(15)16/h1-9,12H,10-11H2,(H,19,24). The zero-order valence-electron chi connectivity index (χ0n) is 13.3. The number of hydrogen-bond acceptors (Lipinski definition) is 5. The lowest BCUT2D eigenvalue weighted by molar-refractivity contribution is -0.116. The van der Waals surface area contributed by atoms with Gasteiger partial charge in [0.25, 0.3) is 0 Å². The van der Waals surface area contributed by atoms with Crippen LogP contribution in [0.15, 0.2) is 59.2 Å². The Morgan fingerprint density at radius 2 is 2.04 bits per heavy atom. The lowest BCUT2D eigenvalue weighted by atomic mass is 10.3. The van der Waals surface area contributed by atoms with Crippen molar-refractivity contribution < 1.29 is 9.21 Å². The first kappa shape index (κ1) is 15.1. The third-order valence-electron chi connectivity index (χ3n) is 3.72. The molecule has 0 spiro atoms. The number of carbonyl (C=O) groups is 1. The van der Waals surface area contributed by atoms with Crippen LogP contribution in [0.2, 0.25) is 0 Å². The van der Waals surface area contributed by atoms with E-state index < -0.39 is 0 Å². The van der Waals surface area contributed by atoms with E-state index in [1.807, 2.05) is 53.1 Å². The third-order valence-corrected chi connectivity index (χ3v) is 3.72. The highest BCUT2D eigenvalue weighted by Crippen LogP contribution is 2.15. The summed E-state index contributed by atoms with van der Waals surface area (Å²) in [6, 6.07) is 13.2. The molecule has 0 aliphatic rings. The summed E-state index contributed by atoms with van der Waals surface area (Å²) >= 11 is 0. The summed E-state index contributed by atoms with van der Waals surface area (Å²) in [5, 5.41) is 11.0. The van der Waals surface area contributed by atoms with Crippen LogP contribution < -0.4 is 5.32 Å². The van der Waals surface area contributed by atoms with Crippen molar-refractivity contribution in [1.82, 2.24) is 24.9 Å². The van der Waals surface area contributed by atoms with Crippen LogP contribution in [-0.2, 0) is 11.2 Å². The summed E-state index contributed by atoms with van der Waals surface area (Å²) in [4.78, 5) is 16.2. The predicted molar refractivity (Wildman–Crippen MR) is 92.7 cm³/mol. The van der Waals surface area contributed by atoms with E-state index in [2.05, 4.69) is 20.5 Å². The number of rotatable bonds is 5. The Morgan fingerprint density at radius 3 is 2.96 bits per heavy atom. The van der Waals surface area contributed by atoms with E-state index >= 15 is 0 Å². The van der Waals surface area contributed by atoms with Gasteiger partial charge in [-0.05, 0) is 24.3 Å². The first-order valence-corrected chi connectivity index (χ1v) is 7.90. The van der Waals surface area contributed by atoms with Crippen LogP contribution in [0.1, 0.15) is 11.7 Å². The van der Waals surface area contributed by atoms with Crippen molar-refractivity contribution in [2.45, 2.75) is 6.42 Å². The molecule has 7 heteroatoms. The number of aromatic nitrogens is 4. The molecule has 3 heterocycles. The van der Waals surface area contributed by atoms with Crippen LogP contribution in [0.5, 0.6) is 0 Å². The minimum absolute atomic E-state index is 0.212. The summed E-state index contributed by atoms with van der Waals surface area (Å²) in [6.45, 7) is 0.465. The lowest BCUT2D eigenvalue weighted by Gasteiger charge is -2.01. The van der Waals surface area contributed by atoms with Gasteiger partial charge in [0, 0.05) is 31.3 Å². The molecule has 1 aromatic carbocycles. The van der Waals surface area contributed by atoms with Crippen molar-refractivity contribution >= 4 is 28.7 Å². The SMILES string of the molecule is O=C(C=Cc1nc2ccccc2o1)NCCc1nnc2ccccn12. The summed E-state index contributed by atoms with van der Waals surface area (Å²) < 4.78 is 7.43. The smallest absolute Gasteiger partial charge is 0.244 e. The molecule has 0 fully saturated rings. The van der Waals surface area contributed by atoms with E-state index in [0.717, 1.165) is 17.0 Å². The number of benzene rings is 1. The Hall–Kier alpha value is -3.48. The van der Waals surface area contributed by atoms with Crippen LogP contribution in [0.3, 0.4) is 0 Å². The molecular weight excluding hydrogens is 318 g/mol. The van der Waals surface area contributed by atoms with Gasteiger partial charge in [0.1, 0.15) is 11.3 Å². The van der Waals surface area contributed by atoms with Crippen molar-refractivity contribution in [3.63, 3.8) is 0 Å². The molecule has 0 aliphatic heterocycles. The van der Waals surface area contributed by atoms with Gasteiger partial charge in [-0.1, -0.05) is 18.2 Å². The quantitative estimate of drug-likeness (QED) is 0.566. The lowest BCUT2D eigenvalue weighted by Crippen LogP contribution is -2.24. The molecule has 4 rings (SSSR count). The average Bonchev–Trinajstić information content (AvgIpc) is 3.24. The van der Waals surface area contributed by atoms with E-state index in [4.69, 9.17) is 4.42 Å². The second-order valence-electron chi connectivity index (χ2n) is 5.44. The summed E-state index contributed by atoms with van der Waals surface area (Å²) in [5.74, 6) is 0.995. The fourth-order valence-corrected chi connectivity index (χ4v) is 2.53. The Labute approximate surface area is 143 Å². The van der Waals surface area contributed by atoms with Gasteiger partial charge in [0.2, 0.25) is 11.8 Å². The summed E-state index contributed by atoms with van der Waals surface area (Å²) in [5.41, 5.74) is 2.25. The number of fused-ring (bicyclic) bond motifs is 2. The Bertz CT molecular complexity index is 1030. The Balaban J connectivity index is 1.34. The molecule has 0 aliphatic carbocycles. The van der Waals surface area contributed by atoms with Crippen LogP contribution >= 0.6 is 0 Å². The molecule has 0 bridgehead atoms. The molecule has 0 atom stereocenters. The highest BCUT2D eigenvalue weighted by Gasteiger charge is 2.05. The van der Waals surface area contributed by atoms with Gasteiger partial charge in [-0.3, -0.25) is 9.20 Å². The molecule has 4 aromatic rings. The van der Waals surface area contributed by atoms with E-state index in [9.17, 15) is 4.79 Å². The van der Waals surface area contributed by atoms with Crippen LogP contribution in [0.25, 0.3) is 22.8 Å². The number of nitrogens with one attached hydrogen (secondary N) is 1. The zero-order chi connectivity index (χ0) is 17.1. The zero-order valence-corrected chi connectivity index (χ0v) is 13.3. The maximum absolute atomic E-state index is 11.9. The van der Waals surface area contributed by atoms with Crippen molar-refractivity contribution in [2.24, 2.45) is 0 Å². The molecule has 0 radical (unpaired) electrons. The van der Waals surface area contributed by atoms with E-state index in [1.54, 1.807) is 6.08 Å². The number of hydrogen-bond donors (Lipinski definition) is 1. The fraction of sp³-hybridized carbons (Fsp3) is 0.111. The number of nitrogens with zero attached hydrogens (tertiary/aromatic N) is 4. The Kier molecular flexibility index (Phi) is 3.96. The third kappa shape index (κ3) is 3.25. The topological polar surface area (TPSA) is 85.3 Å². The first-order chi connectivity index (χ1) is 12.3. The van der Waals surface area contributed by atoms with Crippen LogP contribution in [0.4, 0.5) is 0 Å². The predicted octanol–water partition coefficient (Wildman–Crippen LogP) is 2.24. The number of pyridine rings is 1. The monoisotopic (exact) mass is 333 g/mol. The van der Waals surface area contributed by atoms with Crippen molar-refractivity contribution in [3.8, 4) is 0 Å². The second kappa shape index (κ2) is 6.56. The normalized spacial score (nSPS) is 11.5. The number of amides is 1. The largest absolute Gasteiger partial charge is 0.437 e. The number of carbonyl (C=O) groups excluding carboxylic acids is 1. The van der Waals surface area contributed by atoms with Gasteiger partial charge < -0.3 is 9.73 Å². The van der Waals surface area contributed by atoms with Gasteiger partial charge in [0.05, 0.1) is 0 Å². The maximum Gasteiger partial charge on any atom is 0.244 e.